The molecule has 4 rings (SSSR count). The van der Waals surface area contributed by atoms with E-state index in [9.17, 15) is 9.59 Å². The fraction of sp³-hybridized carbons (Fsp3) is 0.375. The Morgan fingerprint density at radius 1 is 1.03 bits per heavy atom. The first-order chi connectivity index (χ1) is 14.6. The van der Waals surface area contributed by atoms with Gasteiger partial charge in [-0.15, -0.1) is 0 Å². The van der Waals surface area contributed by atoms with E-state index in [-0.39, 0.29) is 17.9 Å². The molecular formula is C24H28N4O2. The van der Waals surface area contributed by atoms with Gasteiger partial charge in [0.2, 0.25) is 5.91 Å². The zero-order valence-corrected chi connectivity index (χ0v) is 17.3. The summed E-state index contributed by atoms with van der Waals surface area (Å²) in [7, 11) is 0. The van der Waals surface area contributed by atoms with Crippen LogP contribution in [-0.2, 0) is 11.2 Å². The molecule has 1 saturated carbocycles. The number of anilines is 1. The summed E-state index contributed by atoms with van der Waals surface area (Å²) in [4.78, 5) is 31.8. The third kappa shape index (κ3) is 5.06. The standard InChI is InChI=1S/C24H28N4O2/c1-16(29)25-20-11-8-17(9-12-20)14-23-27-21-13-10-18(15-22(21)28-23)24(30)26-19-6-4-2-3-5-7-19/h8-13,15,19H,2-7,14H2,1H3,(H,25,29)(H,26,30)(H,27,28). The van der Waals surface area contributed by atoms with Crippen molar-refractivity contribution in [2.75, 3.05) is 5.32 Å². The van der Waals surface area contributed by atoms with E-state index < -0.39 is 0 Å². The Hall–Kier alpha value is -3.15. The van der Waals surface area contributed by atoms with Crippen LogP contribution in [0.3, 0.4) is 0 Å². The van der Waals surface area contributed by atoms with Crippen molar-refractivity contribution in [2.24, 2.45) is 0 Å². The van der Waals surface area contributed by atoms with Crippen LogP contribution in [0.5, 0.6) is 0 Å². The van der Waals surface area contributed by atoms with Crippen molar-refractivity contribution in [3.63, 3.8) is 0 Å². The second-order valence-corrected chi connectivity index (χ2v) is 8.13. The van der Waals surface area contributed by atoms with Crippen molar-refractivity contribution in [3.05, 3.63) is 59.4 Å². The van der Waals surface area contributed by atoms with Crippen LogP contribution >= 0.6 is 0 Å². The molecule has 2 aromatic carbocycles. The van der Waals surface area contributed by atoms with Gasteiger partial charge in [-0.1, -0.05) is 37.8 Å². The quantitative estimate of drug-likeness (QED) is 0.545. The zero-order valence-electron chi connectivity index (χ0n) is 17.3. The summed E-state index contributed by atoms with van der Waals surface area (Å²) >= 11 is 0. The normalized spacial score (nSPS) is 15.0. The first-order valence-electron chi connectivity index (χ1n) is 10.7. The largest absolute Gasteiger partial charge is 0.349 e. The van der Waals surface area contributed by atoms with E-state index in [0.717, 1.165) is 41.0 Å². The molecule has 1 aliphatic carbocycles. The van der Waals surface area contributed by atoms with Gasteiger partial charge in [0.15, 0.2) is 0 Å². The van der Waals surface area contributed by atoms with Crippen LogP contribution in [0.4, 0.5) is 5.69 Å². The van der Waals surface area contributed by atoms with Crippen LogP contribution < -0.4 is 10.6 Å². The number of aromatic amines is 1. The first kappa shape index (κ1) is 20.1. The number of nitrogens with zero attached hydrogens (tertiary/aromatic N) is 1. The minimum Gasteiger partial charge on any atom is -0.349 e. The molecule has 1 aliphatic rings. The van der Waals surface area contributed by atoms with Gasteiger partial charge in [0.1, 0.15) is 5.82 Å². The number of fused-ring (bicyclic) bond motifs is 1. The molecule has 0 saturated heterocycles. The van der Waals surface area contributed by atoms with Crippen LogP contribution in [0.1, 0.15) is 67.2 Å². The molecule has 3 N–H and O–H groups in total. The van der Waals surface area contributed by atoms with E-state index in [1.807, 2.05) is 42.5 Å². The zero-order chi connectivity index (χ0) is 20.9. The van der Waals surface area contributed by atoms with Gasteiger partial charge in [0, 0.05) is 30.6 Å². The van der Waals surface area contributed by atoms with E-state index in [1.54, 1.807) is 0 Å². The molecule has 156 valence electrons. The number of imidazole rings is 1. The molecule has 1 heterocycles. The number of nitrogens with one attached hydrogen (secondary N) is 3. The molecule has 1 aromatic heterocycles. The number of hydrogen-bond donors (Lipinski definition) is 3. The van der Waals surface area contributed by atoms with Gasteiger partial charge in [0.05, 0.1) is 11.0 Å². The molecule has 0 radical (unpaired) electrons. The average molecular weight is 405 g/mol. The van der Waals surface area contributed by atoms with Crippen LogP contribution in [0.25, 0.3) is 11.0 Å². The van der Waals surface area contributed by atoms with Crippen LogP contribution in [0, 0.1) is 0 Å². The van der Waals surface area contributed by atoms with E-state index >= 15 is 0 Å². The molecule has 3 aromatic rings. The lowest BCUT2D eigenvalue weighted by molar-refractivity contribution is -0.114. The number of carbonyl (C=O) groups is 2. The van der Waals surface area contributed by atoms with Crippen LogP contribution in [-0.4, -0.2) is 27.8 Å². The van der Waals surface area contributed by atoms with Gasteiger partial charge >= 0.3 is 0 Å². The molecule has 2 amide bonds. The number of benzene rings is 2. The van der Waals surface area contributed by atoms with Crippen molar-refractivity contribution in [3.8, 4) is 0 Å². The highest BCUT2D eigenvalue weighted by atomic mass is 16.2. The summed E-state index contributed by atoms with van der Waals surface area (Å²) < 4.78 is 0. The van der Waals surface area contributed by atoms with Crippen molar-refractivity contribution in [1.82, 2.24) is 15.3 Å². The second-order valence-electron chi connectivity index (χ2n) is 8.13. The molecular weight excluding hydrogens is 376 g/mol. The molecule has 0 bridgehead atoms. The Morgan fingerprint density at radius 3 is 2.47 bits per heavy atom. The smallest absolute Gasteiger partial charge is 0.251 e. The predicted octanol–water partition coefficient (Wildman–Crippen LogP) is 4.56. The fourth-order valence-electron chi connectivity index (χ4n) is 4.08. The molecule has 30 heavy (non-hydrogen) atoms. The number of aromatic nitrogens is 2. The lowest BCUT2D eigenvalue weighted by Gasteiger charge is -2.16. The molecule has 0 atom stereocenters. The summed E-state index contributed by atoms with van der Waals surface area (Å²) in [6.45, 7) is 1.49. The van der Waals surface area contributed by atoms with Crippen molar-refractivity contribution < 1.29 is 9.59 Å². The number of H-pyrrole nitrogens is 1. The Balaban J connectivity index is 1.44. The summed E-state index contributed by atoms with van der Waals surface area (Å²) in [5.41, 5.74) is 4.26. The molecule has 0 spiro atoms. The highest BCUT2D eigenvalue weighted by Crippen LogP contribution is 2.20. The maximum Gasteiger partial charge on any atom is 0.251 e. The molecule has 6 heteroatoms. The maximum atomic E-state index is 12.7. The number of carbonyl (C=O) groups excluding carboxylic acids is 2. The highest BCUT2D eigenvalue weighted by Gasteiger charge is 2.16. The van der Waals surface area contributed by atoms with Crippen LogP contribution in [0.15, 0.2) is 42.5 Å². The van der Waals surface area contributed by atoms with Gasteiger partial charge in [-0.3, -0.25) is 9.59 Å². The summed E-state index contributed by atoms with van der Waals surface area (Å²) in [5.74, 6) is 0.756. The fourth-order valence-corrected chi connectivity index (χ4v) is 4.08. The van der Waals surface area contributed by atoms with Crippen molar-refractivity contribution >= 4 is 28.5 Å². The molecule has 0 unspecified atom stereocenters. The Morgan fingerprint density at radius 2 is 1.77 bits per heavy atom. The van der Waals surface area contributed by atoms with E-state index in [1.165, 1.54) is 32.6 Å². The topological polar surface area (TPSA) is 86.9 Å². The van der Waals surface area contributed by atoms with Crippen molar-refractivity contribution in [2.45, 2.75) is 57.9 Å². The maximum absolute atomic E-state index is 12.7. The monoisotopic (exact) mass is 404 g/mol. The Labute approximate surface area is 176 Å². The van der Waals surface area contributed by atoms with E-state index in [0.29, 0.717) is 12.0 Å². The number of hydrogen-bond acceptors (Lipinski definition) is 3. The summed E-state index contributed by atoms with van der Waals surface area (Å²) in [5, 5.41) is 5.97. The number of rotatable bonds is 5. The van der Waals surface area contributed by atoms with Crippen LogP contribution in [0.2, 0.25) is 0 Å². The molecule has 0 aliphatic heterocycles. The predicted molar refractivity (Wildman–Crippen MR) is 119 cm³/mol. The van der Waals surface area contributed by atoms with Gasteiger partial charge in [-0.05, 0) is 48.7 Å². The summed E-state index contributed by atoms with van der Waals surface area (Å²) in [6.07, 6.45) is 7.72. The minimum absolute atomic E-state index is 0.00601. The SMILES string of the molecule is CC(=O)Nc1ccc(Cc2nc3ccc(C(=O)NC4CCCCCC4)cc3[nH]2)cc1. The molecule has 1 fully saturated rings. The lowest BCUT2D eigenvalue weighted by Crippen LogP contribution is -2.34. The lowest BCUT2D eigenvalue weighted by atomic mass is 10.1. The number of amides is 2. The van der Waals surface area contributed by atoms with Crippen molar-refractivity contribution in [1.29, 1.82) is 0 Å². The Kier molecular flexibility index (Phi) is 6.12. The van der Waals surface area contributed by atoms with Gasteiger partial charge in [-0.2, -0.15) is 0 Å². The molecule has 6 nitrogen and oxygen atoms in total. The van der Waals surface area contributed by atoms with E-state index in [4.69, 9.17) is 0 Å². The third-order valence-corrected chi connectivity index (χ3v) is 5.63. The van der Waals surface area contributed by atoms with Gasteiger partial charge < -0.3 is 15.6 Å². The average Bonchev–Trinajstić information content (AvgIpc) is 2.94. The van der Waals surface area contributed by atoms with E-state index in [2.05, 4.69) is 20.6 Å². The highest BCUT2D eigenvalue weighted by molar-refractivity contribution is 5.97. The second kappa shape index (κ2) is 9.11. The summed E-state index contributed by atoms with van der Waals surface area (Å²) in [6, 6.07) is 13.6. The minimum atomic E-state index is -0.0843. The first-order valence-corrected chi connectivity index (χ1v) is 10.7. The van der Waals surface area contributed by atoms with Gasteiger partial charge in [-0.25, -0.2) is 4.98 Å². The van der Waals surface area contributed by atoms with Gasteiger partial charge in [0.25, 0.3) is 5.91 Å². The Bertz CT molecular complexity index is 1030. The third-order valence-electron chi connectivity index (χ3n) is 5.63.